The van der Waals surface area contributed by atoms with Gasteiger partial charge in [0.2, 0.25) is 11.7 Å². The van der Waals surface area contributed by atoms with E-state index < -0.39 is 0 Å². The lowest BCUT2D eigenvalue weighted by Gasteiger charge is -2.09. The first kappa shape index (κ1) is 11.5. The highest BCUT2D eigenvalue weighted by Crippen LogP contribution is 1.98. The van der Waals surface area contributed by atoms with E-state index in [0.29, 0.717) is 5.90 Å². The Labute approximate surface area is 77.6 Å². The van der Waals surface area contributed by atoms with Crippen LogP contribution in [0, 0.1) is 0 Å². The predicted molar refractivity (Wildman–Crippen MR) is 49.0 cm³/mol. The first-order valence-corrected chi connectivity index (χ1v) is 3.65. The molecule has 0 unspecified atom stereocenters. The highest BCUT2D eigenvalue weighted by Gasteiger charge is 2.10. The van der Waals surface area contributed by atoms with Crippen LogP contribution in [-0.2, 0) is 14.4 Å². The van der Waals surface area contributed by atoms with Gasteiger partial charge in [-0.15, -0.1) is 0 Å². The van der Waals surface area contributed by atoms with Crippen LogP contribution in [0.3, 0.4) is 0 Å². The van der Waals surface area contributed by atoms with E-state index in [1.807, 2.05) is 0 Å². The normalized spacial score (nSPS) is 10.6. The summed E-state index contributed by atoms with van der Waals surface area (Å²) in [5.41, 5.74) is 0. The number of likely N-dealkylation sites (N-methyl/N-ethyl adjacent to an activating group) is 1. The maximum Gasteiger partial charge on any atom is 0.291 e. The van der Waals surface area contributed by atoms with Gasteiger partial charge in [-0.25, -0.2) is 0 Å². The molecule has 0 aromatic heterocycles. The Morgan fingerprint density at radius 2 is 2.00 bits per heavy atom. The number of carbonyl (C=O) groups excluding carboxylic acids is 1. The van der Waals surface area contributed by atoms with Gasteiger partial charge < -0.3 is 14.5 Å². The van der Waals surface area contributed by atoms with Crippen LogP contribution < -0.4 is 0 Å². The number of hydrogen-bond donors (Lipinski definition) is 0. The first-order valence-electron chi connectivity index (χ1n) is 3.65. The van der Waals surface area contributed by atoms with Gasteiger partial charge >= 0.3 is 0 Å². The molecule has 0 atom stereocenters. The molecular weight excluding hydrogens is 172 g/mol. The summed E-state index contributed by atoms with van der Waals surface area (Å²) in [7, 11) is 4.66. The summed E-state index contributed by atoms with van der Waals surface area (Å²) in [5.74, 6) is -0.0400. The Balaban J connectivity index is 4.10. The molecule has 0 fully saturated rings. The van der Waals surface area contributed by atoms with E-state index in [1.54, 1.807) is 21.0 Å². The van der Waals surface area contributed by atoms with Crippen LogP contribution in [0.4, 0.5) is 0 Å². The van der Waals surface area contributed by atoms with Gasteiger partial charge in [0.05, 0.1) is 7.11 Å². The molecule has 0 aromatic rings. The second-order valence-electron chi connectivity index (χ2n) is 2.53. The van der Waals surface area contributed by atoms with Crippen LogP contribution in [0.1, 0.15) is 6.92 Å². The number of hydrogen-bond acceptors (Lipinski definition) is 4. The number of ether oxygens (including phenoxy) is 1. The average molecular weight is 186 g/mol. The monoisotopic (exact) mass is 186 g/mol. The summed E-state index contributed by atoms with van der Waals surface area (Å²) < 4.78 is 4.70. The first-order chi connectivity index (χ1) is 5.99. The summed E-state index contributed by atoms with van der Waals surface area (Å²) in [6.45, 7) is 5.01. The fourth-order valence-corrected chi connectivity index (χ4v) is 0.445. The maximum absolute atomic E-state index is 11.1. The minimum atomic E-state index is -0.326. The zero-order chi connectivity index (χ0) is 10.4. The van der Waals surface area contributed by atoms with Gasteiger partial charge in [0, 0.05) is 21.0 Å². The summed E-state index contributed by atoms with van der Waals surface area (Å²) in [5, 5.41) is 3.49. The quantitative estimate of drug-likeness (QED) is 0.213. The standard InChI is InChI=1S/C8H14N2O3/c1-6(8(11)10(3)4)13-9-7(2)12-5/h1H2,2-5H3/b9-7+. The van der Waals surface area contributed by atoms with E-state index in [4.69, 9.17) is 9.57 Å². The summed E-state index contributed by atoms with van der Waals surface area (Å²) in [6, 6.07) is 0. The van der Waals surface area contributed by atoms with E-state index in [2.05, 4.69) is 11.7 Å². The minimum absolute atomic E-state index is 0.0404. The molecule has 0 aliphatic heterocycles. The predicted octanol–water partition coefficient (Wildman–Crippen LogP) is 0.585. The molecule has 74 valence electrons. The van der Waals surface area contributed by atoms with Crippen LogP contribution in [0.15, 0.2) is 17.5 Å². The molecule has 1 amide bonds. The smallest absolute Gasteiger partial charge is 0.291 e. The molecule has 0 aromatic carbocycles. The van der Waals surface area contributed by atoms with Crippen LogP contribution in [-0.4, -0.2) is 37.9 Å². The van der Waals surface area contributed by atoms with Crippen molar-refractivity contribution in [2.24, 2.45) is 5.16 Å². The van der Waals surface area contributed by atoms with E-state index in [9.17, 15) is 4.79 Å². The van der Waals surface area contributed by atoms with Crippen molar-refractivity contribution in [2.75, 3.05) is 21.2 Å². The Hall–Kier alpha value is -1.52. The van der Waals surface area contributed by atoms with Crippen molar-refractivity contribution < 1.29 is 14.4 Å². The minimum Gasteiger partial charge on any atom is -0.482 e. The molecule has 0 radical (unpaired) electrons. The third-order valence-corrected chi connectivity index (χ3v) is 1.22. The van der Waals surface area contributed by atoms with Crippen molar-refractivity contribution >= 4 is 11.8 Å². The van der Waals surface area contributed by atoms with E-state index in [1.165, 1.54) is 12.0 Å². The number of methoxy groups -OCH3 is 1. The second-order valence-corrected chi connectivity index (χ2v) is 2.53. The molecule has 13 heavy (non-hydrogen) atoms. The summed E-state index contributed by atoms with van der Waals surface area (Å²) in [4.78, 5) is 17.2. The lowest BCUT2D eigenvalue weighted by Crippen LogP contribution is -2.23. The topological polar surface area (TPSA) is 51.1 Å². The van der Waals surface area contributed by atoms with Crippen molar-refractivity contribution in [3.63, 3.8) is 0 Å². The fourth-order valence-electron chi connectivity index (χ4n) is 0.445. The van der Waals surface area contributed by atoms with Gasteiger partial charge in [0.1, 0.15) is 0 Å². The van der Waals surface area contributed by atoms with Crippen molar-refractivity contribution in [1.29, 1.82) is 0 Å². The van der Waals surface area contributed by atoms with Crippen molar-refractivity contribution in [2.45, 2.75) is 6.92 Å². The number of nitrogens with zero attached hydrogens (tertiary/aromatic N) is 2. The van der Waals surface area contributed by atoms with E-state index in [0.717, 1.165) is 0 Å². The molecular formula is C8H14N2O3. The lowest BCUT2D eigenvalue weighted by atomic mass is 10.5. The summed E-state index contributed by atoms with van der Waals surface area (Å²) in [6.07, 6.45) is 0. The molecule has 0 heterocycles. The van der Waals surface area contributed by atoms with Gasteiger partial charge in [-0.3, -0.25) is 4.79 Å². The zero-order valence-electron chi connectivity index (χ0n) is 8.33. The van der Waals surface area contributed by atoms with Gasteiger partial charge in [-0.05, 0) is 11.7 Å². The average Bonchev–Trinajstić information content (AvgIpc) is 2.11. The van der Waals surface area contributed by atoms with Gasteiger partial charge in [-0.1, -0.05) is 0 Å². The Morgan fingerprint density at radius 3 is 2.38 bits per heavy atom. The van der Waals surface area contributed by atoms with Crippen molar-refractivity contribution in [3.05, 3.63) is 12.3 Å². The number of rotatable bonds is 3. The molecule has 0 saturated heterocycles. The maximum atomic E-state index is 11.1. The van der Waals surface area contributed by atoms with E-state index in [-0.39, 0.29) is 11.7 Å². The number of amides is 1. The molecule has 0 saturated carbocycles. The molecule has 0 aliphatic rings. The summed E-state index contributed by atoms with van der Waals surface area (Å²) >= 11 is 0. The van der Waals surface area contributed by atoms with E-state index >= 15 is 0 Å². The highest BCUT2D eigenvalue weighted by molar-refractivity contribution is 5.90. The number of oxime groups is 1. The Kier molecular flexibility index (Phi) is 4.58. The molecule has 0 aliphatic carbocycles. The molecule has 0 rings (SSSR count). The molecule has 0 N–H and O–H groups in total. The lowest BCUT2D eigenvalue weighted by molar-refractivity contribution is -0.128. The van der Waals surface area contributed by atoms with Crippen molar-refractivity contribution in [3.8, 4) is 0 Å². The SMILES string of the molecule is C=C(O/N=C(\C)OC)C(=O)N(C)C. The zero-order valence-corrected chi connectivity index (χ0v) is 8.33. The number of carbonyl (C=O) groups is 1. The third kappa shape index (κ3) is 4.15. The largest absolute Gasteiger partial charge is 0.482 e. The van der Waals surface area contributed by atoms with Crippen LogP contribution in [0.2, 0.25) is 0 Å². The van der Waals surface area contributed by atoms with Gasteiger partial charge in [0.15, 0.2) is 0 Å². The van der Waals surface area contributed by atoms with Crippen LogP contribution >= 0.6 is 0 Å². The Morgan fingerprint density at radius 1 is 1.46 bits per heavy atom. The third-order valence-electron chi connectivity index (χ3n) is 1.22. The Bertz CT molecular complexity index is 234. The molecule has 0 bridgehead atoms. The molecule has 0 spiro atoms. The van der Waals surface area contributed by atoms with Gasteiger partial charge in [0.25, 0.3) is 5.91 Å². The fraction of sp³-hybridized carbons (Fsp3) is 0.500. The van der Waals surface area contributed by atoms with Crippen LogP contribution in [0.5, 0.6) is 0 Å². The molecule has 5 nitrogen and oxygen atoms in total. The van der Waals surface area contributed by atoms with Crippen LogP contribution in [0.25, 0.3) is 0 Å². The second kappa shape index (κ2) is 5.18. The molecule has 5 heteroatoms. The van der Waals surface area contributed by atoms with Gasteiger partial charge in [-0.2, -0.15) is 0 Å². The highest BCUT2D eigenvalue weighted by atomic mass is 16.7. The van der Waals surface area contributed by atoms with Crippen molar-refractivity contribution in [1.82, 2.24) is 4.90 Å².